The number of carbonyl (C=O) groups is 2. The fourth-order valence-corrected chi connectivity index (χ4v) is 3.42. The van der Waals surface area contributed by atoms with E-state index in [9.17, 15) is 14.7 Å². The second-order valence-electron chi connectivity index (χ2n) is 6.89. The van der Waals surface area contributed by atoms with Gasteiger partial charge in [0.2, 0.25) is 0 Å². The first kappa shape index (κ1) is 19.5. The van der Waals surface area contributed by atoms with Gasteiger partial charge in [-0.3, -0.25) is 14.6 Å². The molecule has 1 aliphatic rings. The van der Waals surface area contributed by atoms with Crippen LogP contribution in [0.2, 0.25) is 0 Å². The third-order valence-electron chi connectivity index (χ3n) is 4.90. The van der Waals surface area contributed by atoms with Gasteiger partial charge in [0.25, 0.3) is 5.91 Å². The van der Waals surface area contributed by atoms with Crippen molar-refractivity contribution in [3.05, 3.63) is 82.6 Å². The van der Waals surface area contributed by atoms with Crippen molar-refractivity contribution in [1.29, 1.82) is 0 Å². The molecule has 3 rings (SSSR count). The minimum absolute atomic E-state index is 0.0598. The molecular formula is C23H24N2O3. The molecule has 1 unspecified atom stereocenters. The number of aliphatic hydroxyl groups excluding tert-OH is 1. The van der Waals surface area contributed by atoms with E-state index in [-0.39, 0.29) is 28.9 Å². The van der Waals surface area contributed by atoms with Crippen LogP contribution in [0.25, 0.3) is 0 Å². The van der Waals surface area contributed by atoms with E-state index < -0.39 is 0 Å². The maximum Gasteiger partial charge on any atom is 0.251 e. The number of amides is 1. The van der Waals surface area contributed by atoms with Crippen LogP contribution < -0.4 is 5.32 Å². The van der Waals surface area contributed by atoms with E-state index in [0.29, 0.717) is 24.9 Å². The molecule has 5 heteroatoms. The van der Waals surface area contributed by atoms with Crippen molar-refractivity contribution in [3.8, 4) is 0 Å². The summed E-state index contributed by atoms with van der Waals surface area (Å²) in [7, 11) is 1.57. The van der Waals surface area contributed by atoms with Crippen molar-refractivity contribution in [3.63, 3.8) is 0 Å². The fraction of sp³-hybridized carbons (Fsp3) is 0.261. The Morgan fingerprint density at radius 1 is 1.18 bits per heavy atom. The summed E-state index contributed by atoms with van der Waals surface area (Å²) in [4.78, 5) is 28.6. The van der Waals surface area contributed by atoms with E-state index in [4.69, 9.17) is 0 Å². The first-order chi connectivity index (χ1) is 13.6. The molecule has 2 N–H and O–H groups in total. The molecular weight excluding hydrogens is 352 g/mol. The summed E-state index contributed by atoms with van der Waals surface area (Å²) in [5.74, 6) is -0.348. The van der Waals surface area contributed by atoms with Gasteiger partial charge in [0.1, 0.15) is 5.76 Å². The summed E-state index contributed by atoms with van der Waals surface area (Å²) >= 11 is 0. The zero-order valence-corrected chi connectivity index (χ0v) is 15.9. The van der Waals surface area contributed by atoms with E-state index >= 15 is 0 Å². The number of hydrogen-bond acceptors (Lipinski definition) is 4. The van der Waals surface area contributed by atoms with Crippen LogP contribution in [0.4, 0.5) is 0 Å². The Labute approximate surface area is 164 Å². The maximum absolute atomic E-state index is 12.5. The highest BCUT2D eigenvalue weighted by molar-refractivity contribution is 6.14. The van der Waals surface area contributed by atoms with Gasteiger partial charge in [-0.25, -0.2) is 0 Å². The molecule has 1 atom stereocenters. The fourth-order valence-electron chi connectivity index (χ4n) is 3.42. The van der Waals surface area contributed by atoms with Crippen molar-refractivity contribution in [1.82, 2.24) is 5.32 Å². The van der Waals surface area contributed by atoms with Gasteiger partial charge in [-0.1, -0.05) is 42.5 Å². The van der Waals surface area contributed by atoms with E-state index in [2.05, 4.69) is 10.3 Å². The minimum atomic E-state index is -0.140. The van der Waals surface area contributed by atoms with Gasteiger partial charge >= 0.3 is 0 Å². The third-order valence-corrected chi connectivity index (χ3v) is 4.90. The van der Waals surface area contributed by atoms with Gasteiger partial charge in [-0.15, -0.1) is 0 Å². The van der Waals surface area contributed by atoms with Crippen LogP contribution in [-0.4, -0.2) is 36.6 Å². The van der Waals surface area contributed by atoms with E-state index in [1.165, 1.54) is 11.8 Å². The number of nitrogens with one attached hydrogen (secondary N) is 1. The van der Waals surface area contributed by atoms with Gasteiger partial charge < -0.3 is 10.4 Å². The molecule has 0 aromatic heterocycles. The molecule has 0 fully saturated rings. The lowest BCUT2D eigenvalue weighted by molar-refractivity contribution is -0.116. The molecule has 0 heterocycles. The van der Waals surface area contributed by atoms with Crippen molar-refractivity contribution in [2.45, 2.75) is 25.2 Å². The van der Waals surface area contributed by atoms with Gasteiger partial charge in [0.15, 0.2) is 5.78 Å². The summed E-state index contributed by atoms with van der Waals surface area (Å²) in [5, 5.41) is 13.1. The molecule has 0 saturated heterocycles. The smallest absolute Gasteiger partial charge is 0.251 e. The molecule has 0 bridgehead atoms. The van der Waals surface area contributed by atoms with Crippen LogP contribution in [-0.2, 0) is 11.2 Å². The molecule has 5 nitrogen and oxygen atoms in total. The van der Waals surface area contributed by atoms with Gasteiger partial charge in [-0.2, -0.15) is 0 Å². The largest absolute Gasteiger partial charge is 0.511 e. The number of Topliss-reactive ketones (excluding diaryl/α,β-unsaturated/α-hetero) is 1. The number of rotatable bonds is 6. The lowest BCUT2D eigenvalue weighted by atomic mass is 9.82. The molecule has 2 aromatic carbocycles. The third kappa shape index (κ3) is 4.74. The Kier molecular flexibility index (Phi) is 6.37. The summed E-state index contributed by atoms with van der Waals surface area (Å²) in [6.07, 6.45) is 2.84. The van der Waals surface area contributed by atoms with Gasteiger partial charge in [0.05, 0.1) is 5.57 Å². The summed E-state index contributed by atoms with van der Waals surface area (Å²) < 4.78 is 0. The molecule has 1 amide bonds. The van der Waals surface area contributed by atoms with Crippen LogP contribution in [0.3, 0.4) is 0 Å². The van der Waals surface area contributed by atoms with Crippen LogP contribution in [0, 0.1) is 0 Å². The Balaban J connectivity index is 1.65. The molecule has 144 valence electrons. The van der Waals surface area contributed by atoms with Crippen molar-refractivity contribution in [2.75, 3.05) is 13.6 Å². The molecule has 0 radical (unpaired) electrons. The van der Waals surface area contributed by atoms with Gasteiger partial charge in [0, 0.05) is 38.2 Å². The van der Waals surface area contributed by atoms with Crippen molar-refractivity contribution >= 4 is 17.9 Å². The zero-order chi connectivity index (χ0) is 19.9. The highest BCUT2D eigenvalue weighted by Gasteiger charge is 2.28. The van der Waals surface area contributed by atoms with E-state index in [1.54, 1.807) is 13.1 Å². The van der Waals surface area contributed by atoms with Crippen molar-refractivity contribution in [2.24, 2.45) is 4.99 Å². The quantitative estimate of drug-likeness (QED) is 0.756. The lowest BCUT2D eigenvalue weighted by Crippen LogP contribution is -2.26. The zero-order valence-electron chi connectivity index (χ0n) is 15.9. The number of allylic oxidation sites excluding steroid dienone is 2. The molecule has 0 saturated carbocycles. The second-order valence-corrected chi connectivity index (χ2v) is 6.89. The van der Waals surface area contributed by atoms with Crippen LogP contribution >= 0.6 is 0 Å². The van der Waals surface area contributed by atoms with Crippen LogP contribution in [0.5, 0.6) is 0 Å². The number of ketones is 1. The number of nitrogens with zero attached hydrogens (tertiary/aromatic N) is 1. The standard InChI is InChI=1S/C23H24N2O3/c1-24-15-20-21(26)13-19(14-22(20)27)17-8-5-9-18(12-17)23(28)25-11-10-16-6-3-2-4-7-16/h2-9,12,15,19,26H,10-11,13-14H2,1H3,(H,25,28). The lowest BCUT2D eigenvalue weighted by Gasteiger charge is -2.22. The predicted octanol–water partition coefficient (Wildman–Crippen LogP) is 3.62. The average molecular weight is 376 g/mol. The SMILES string of the molecule is CN=CC1=C(O)CC(c2cccc(C(=O)NCCc3ccccc3)c2)CC1=O. The topological polar surface area (TPSA) is 78.8 Å². The average Bonchev–Trinajstić information content (AvgIpc) is 2.71. The van der Waals surface area contributed by atoms with Gasteiger partial charge in [-0.05, 0) is 35.6 Å². The molecule has 1 aliphatic carbocycles. The summed E-state index contributed by atoms with van der Waals surface area (Å²) in [6, 6.07) is 17.3. The first-order valence-electron chi connectivity index (χ1n) is 9.38. The number of aliphatic imine (C=N–C) groups is 1. The second kappa shape index (κ2) is 9.13. The summed E-state index contributed by atoms with van der Waals surface area (Å²) in [6.45, 7) is 0.554. The maximum atomic E-state index is 12.5. The Morgan fingerprint density at radius 3 is 2.68 bits per heavy atom. The number of benzene rings is 2. The number of aliphatic hydroxyl groups is 1. The number of hydrogen-bond donors (Lipinski definition) is 2. The number of carbonyl (C=O) groups excluding carboxylic acids is 2. The summed E-state index contributed by atoms with van der Waals surface area (Å²) in [5.41, 5.74) is 2.89. The van der Waals surface area contributed by atoms with Crippen molar-refractivity contribution < 1.29 is 14.7 Å². The first-order valence-corrected chi connectivity index (χ1v) is 9.38. The van der Waals surface area contributed by atoms with E-state index in [0.717, 1.165) is 12.0 Å². The van der Waals surface area contributed by atoms with E-state index in [1.807, 2.05) is 48.5 Å². The minimum Gasteiger partial charge on any atom is -0.511 e. The molecule has 0 aliphatic heterocycles. The molecule has 0 spiro atoms. The molecule has 2 aromatic rings. The van der Waals surface area contributed by atoms with Crippen LogP contribution in [0.15, 0.2) is 70.9 Å². The molecule has 28 heavy (non-hydrogen) atoms. The highest BCUT2D eigenvalue weighted by atomic mass is 16.3. The Hall–Kier alpha value is -3.21. The Morgan fingerprint density at radius 2 is 1.96 bits per heavy atom. The normalized spacial score (nSPS) is 17.2. The Bertz CT molecular complexity index is 916. The highest BCUT2D eigenvalue weighted by Crippen LogP contribution is 2.33. The predicted molar refractivity (Wildman–Crippen MR) is 110 cm³/mol. The monoisotopic (exact) mass is 376 g/mol. The van der Waals surface area contributed by atoms with Crippen LogP contribution in [0.1, 0.15) is 40.2 Å².